The lowest BCUT2D eigenvalue weighted by Gasteiger charge is -2.20. The molecule has 1 saturated carbocycles. The highest BCUT2D eigenvalue weighted by atomic mass is 32.2. The molecule has 8 heteroatoms. The van der Waals surface area contributed by atoms with Gasteiger partial charge in [0.2, 0.25) is 15.9 Å². The number of ether oxygens (including phenoxy) is 1. The Hall–Kier alpha value is -2.71. The van der Waals surface area contributed by atoms with Crippen LogP contribution in [0, 0.1) is 0 Å². The van der Waals surface area contributed by atoms with E-state index in [4.69, 9.17) is 4.74 Å². The molecule has 33 heavy (non-hydrogen) atoms. The summed E-state index contributed by atoms with van der Waals surface area (Å²) in [5.74, 6) is -0.324. The SMILES string of the molecule is CCOC(=O)C1(c2ccc(NC(=O)CCc3ccc(S(=O)(=O)NC(C)(C)C)cc3)cc2)CC1. The maximum absolute atomic E-state index is 12.4. The van der Waals surface area contributed by atoms with Crippen molar-refractivity contribution in [3.05, 3.63) is 59.7 Å². The van der Waals surface area contributed by atoms with E-state index in [-0.39, 0.29) is 23.2 Å². The Morgan fingerprint density at radius 3 is 2.12 bits per heavy atom. The van der Waals surface area contributed by atoms with E-state index in [0.717, 1.165) is 24.0 Å². The smallest absolute Gasteiger partial charge is 0.316 e. The van der Waals surface area contributed by atoms with Crippen molar-refractivity contribution in [3.8, 4) is 0 Å². The van der Waals surface area contributed by atoms with Crippen molar-refractivity contribution in [2.75, 3.05) is 11.9 Å². The predicted octanol–water partition coefficient (Wildman–Crippen LogP) is 3.93. The number of hydrogen-bond donors (Lipinski definition) is 2. The van der Waals surface area contributed by atoms with Gasteiger partial charge in [-0.2, -0.15) is 0 Å². The van der Waals surface area contributed by atoms with Crippen molar-refractivity contribution in [2.24, 2.45) is 0 Å². The number of hydrogen-bond acceptors (Lipinski definition) is 5. The van der Waals surface area contributed by atoms with Crippen LogP contribution in [0.3, 0.4) is 0 Å². The summed E-state index contributed by atoms with van der Waals surface area (Å²) >= 11 is 0. The van der Waals surface area contributed by atoms with E-state index in [1.807, 2.05) is 12.1 Å². The zero-order valence-electron chi connectivity index (χ0n) is 19.6. The van der Waals surface area contributed by atoms with E-state index in [1.165, 1.54) is 0 Å². The van der Waals surface area contributed by atoms with Gasteiger partial charge in [0.15, 0.2) is 0 Å². The highest BCUT2D eigenvalue weighted by Gasteiger charge is 2.52. The van der Waals surface area contributed by atoms with Gasteiger partial charge in [-0.25, -0.2) is 13.1 Å². The van der Waals surface area contributed by atoms with Crippen LogP contribution in [0.5, 0.6) is 0 Å². The van der Waals surface area contributed by atoms with Crippen molar-refractivity contribution < 1.29 is 22.7 Å². The normalized spacial score (nSPS) is 15.0. The summed E-state index contributed by atoms with van der Waals surface area (Å²) in [6.07, 6.45) is 2.32. The van der Waals surface area contributed by atoms with Gasteiger partial charge < -0.3 is 10.1 Å². The van der Waals surface area contributed by atoms with Crippen molar-refractivity contribution in [1.82, 2.24) is 4.72 Å². The molecule has 0 radical (unpaired) electrons. The van der Waals surface area contributed by atoms with E-state index < -0.39 is 21.0 Å². The van der Waals surface area contributed by atoms with Crippen LogP contribution in [0.2, 0.25) is 0 Å². The molecule has 0 saturated heterocycles. The fourth-order valence-corrected chi connectivity index (χ4v) is 5.07. The fourth-order valence-electron chi connectivity index (χ4n) is 3.66. The van der Waals surface area contributed by atoms with E-state index in [0.29, 0.717) is 18.7 Å². The molecule has 2 N–H and O–H groups in total. The third kappa shape index (κ3) is 6.42. The molecule has 2 aromatic rings. The van der Waals surface area contributed by atoms with E-state index in [2.05, 4.69) is 10.0 Å². The van der Waals surface area contributed by atoms with E-state index >= 15 is 0 Å². The highest BCUT2D eigenvalue weighted by Crippen LogP contribution is 2.49. The second-order valence-electron chi connectivity index (χ2n) is 9.43. The van der Waals surface area contributed by atoms with Gasteiger partial charge in [0, 0.05) is 17.6 Å². The molecule has 1 aliphatic carbocycles. The molecule has 0 heterocycles. The molecule has 0 bridgehead atoms. The number of anilines is 1. The summed E-state index contributed by atoms with van der Waals surface area (Å²) in [6.45, 7) is 7.52. The molecular formula is C25H32N2O5S. The molecule has 2 aromatic carbocycles. The summed E-state index contributed by atoms with van der Waals surface area (Å²) in [7, 11) is -3.58. The molecule has 0 aromatic heterocycles. The van der Waals surface area contributed by atoms with Crippen molar-refractivity contribution in [3.63, 3.8) is 0 Å². The highest BCUT2D eigenvalue weighted by molar-refractivity contribution is 7.89. The van der Waals surface area contributed by atoms with Gasteiger partial charge in [0.25, 0.3) is 0 Å². The number of rotatable bonds is 9. The minimum absolute atomic E-state index is 0.139. The Morgan fingerprint density at radius 2 is 1.61 bits per heavy atom. The van der Waals surface area contributed by atoms with Crippen LogP contribution in [0.15, 0.2) is 53.4 Å². The Labute approximate surface area is 196 Å². The standard InChI is InChI=1S/C25H32N2O5S/c1-5-32-23(29)25(16-17-25)19-9-11-20(12-10-19)26-22(28)15-8-18-6-13-21(14-7-18)33(30,31)27-24(2,3)4/h6-7,9-14,27H,5,8,15-17H2,1-4H3,(H,26,28). The fraction of sp³-hybridized carbons (Fsp3) is 0.440. The summed E-state index contributed by atoms with van der Waals surface area (Å²) in [5.41, 5.74) is 1.36. The Balaban J connectivity index is 1.53. The minimum Gasteiger partial charge on any atom is -0.465 e. The third-order valence-electron chi connectivity index (χ3n) is 5.45. The van der Waals surface area contributed by atoms with Crippen LogP contribution in [-0.4, -0.2) is 32.4 Å². The number of amides is 1. The van der Waals surface area contributed by atoms with Crippen LogP contribution in [0.25, 0.3) is 0 Å². The van der Waals surface area contributed by atoms with Gasteiger partial charge in [-0.05, 0) is 82.3 Å². The minimum atomic E-state index is -3.58. The van der Waals surface area contributed by atoms with Gasteiger partial charge >= 0.3 is 5.97 Å². The summed E-state index contributed by atoms with van der Waals surface area (Å²) in [4.78, 5) is 24.8. The van der Waals surface area contributed by atoms with Crippen LogP contribution in [-0.2, 0) is 36.2 Å². The Kier molecular flexibility index (Phi) is 7.29. The van der Waals surface area contributed by atoms with Crippen LogP contribution in [0.1, 0.15) is 58.1 Å². The van der Waals surface area contributed by atoms with Gasteiger partial charge in [-0.3, -0.25) is 9.59 Å². The largest absolute Gasteiger partial charge is 0.465 e. The van der Waals surface area contributed by atoms with Gasteiger partial charge in [0.1, 0.15) is 0 Å². The number of esters is 1. The molecule has 0 atom stereocenters. The first-order valence-electron chi connectivity index (χ1n) is 11.2. The second-order valence-corrected chi connectivity index (χ2v) is 11.1. The van der Waals surface area contributed by atoms with Gasteiger partial charge in [-0.15, -0.1) is 0 Å². The van der Waals surface area contributed by atoms with Gasteiger partial charge in [-0.1, -0.05) is 24.3 Å². The number of sulfonamides is 1. The molecule has 0 aliphatic heterocycles. The molecule has 1 fully saturated rings. The molecule has 178 valence electrons. The topological polar surface area (TPSA) is 102 Å². The number of benzene rings is 2. The number of aryl methyl sites for hydroxylation is 1. The van der Waals surface area contributed by atoms with Crippen molar-refractivity contribution >= 4 is 27.6 Å². The first-order valence-corrected chi connectivity index (χ1v) is 12.6. The zero-order valence-corrected chi connectivity index (χ0v) is 20.4. The summed E-state index contributed by atoms with van der Waals surface area (Å²) in [5, 5.41) is 2.87. The second kappa shape index (κ2) is 9.65. The lowest BCUT2D eigenvalue weighted by atomic mass is 9.96. The molecule has 0 spiro atoms. The van der Waals surface area contributed by atoms with Crippen molar-refractivity contribution in [2.45, 2.75) is 69.2 Å². The van der Waals surface area contributed by atoms with Crippen LogP contribution < -0.4 is 10.0 Å². The lowest BCUT2D eigenvalue weighted by Crippen LogP contribution is -2.40. The Bertz CT molecular complexity index is 1100. The summed E-state index contributed by atoms with van der Waals surface area (Å²) < 4.78 is 32.6. The monoisotopic (exact) mass is 472 g/mol. The third-order valence-corrected chi connectivity index (χ3v) is 7.23. The quantitative estimate of drug-likeness (QED) is 0.539. The molecule has 1 aliphatic rings. The average molecular weight is 473 g/mol. The van der Waals surface area contributed by atoms with Gasteiger partial charge in [0.05, 0.1) is 16.9 Å². The molecule has 7 nitrogen and oxygen atoms in total. The van der Waals surface area contributed by atoms with E-state index in [9.17, 15) is 18.0 Å². The zero-order chi connectivity index (χ0) is 24.3. The molecule has 1 amide bonds. The first-order chi connectivity index (χ1) is 15.4. The maximum Gasteiger partial charge on any atom is 0.316 e. The lowest BCUT2D eigenvalue weighted by molar-refractivity contribution is -0.146. The van der Waals surface area contributed by atoms with Crippen molar-refractivity contribution in [1.29, 1.82) is 0 Å². The van der Waals surface area contributed by atoms with E-state index in [1.54, 1.807) is 64.1 Å². The summed E-state index contributed by atoms with van der Waals surface area (Å²) in [6, 6.07) is 13.9. The van der Waals surface area contributed by atoms with Crippen LogP contribution >= 0.6 is 0 Å². The first kappa shape index (κ1) is 24.9. The Morgan fingerprint density at radius 1 is 1.00 bits per heavy atom. The molecule has 3 rings (SSSR count). The number of carbonyl (C=O) groups is 2. The van der Waals surface area contributed by atoms with Crippen LogP contribution in [0.4, 0.5) is 5.69 Å². The average Bonchev–Trinajstić information content (AvgIpc) is 3.54. The maximum atomic E-state index is 12.4. The number of carbonyl (C=O) groups excluding carboxylic acids is 2. The molecular weight excluding hydrogens is 440 g/mol. The number of nitrogens with one attached hydrogen (secondary N) is 2. The predicted molar refractivity (Wildman–Crippen MR) is 127 cm³/mol. The molecule has 0 unspecified atom stereocenters.